The van der Waals surface area contributed by atoms with Gasteiger partial charge in [0.05, 0.1) is 12.7 Å². The van der Waals surface area contributed by atoms with Crippen molar-refractivity contribution in [3.8, 4) is 5.75 Å². The van der Waals surface area contributed by atoms with E-state index >= 15 is 0 Å². The molecule has 20 heavy (non-hydrogen) atoms. The number of rotatable bonds is 4. The van der Waals surface area contributed by atoms with E-state index in [1.807, 2.05) is 30.3 Å². The first-order valence-corrected chi connectivity index (χ1v) is 7.03. The Morgan fingerprint density at radius 2 is 1.90 bits per heavy atom. The van der Waals surface area contributed by atoms with E-state index in [0.29, 0.717) is 11.3 Å². The van der Waals surface area contributed by atoms with E-state index in [-0.39, 0.29) is 6.61 Å². The van der Waals surface area contributed by atoms with Crippen molar-refractivity contribution in [2.45, 2.75) is 6.61 Å². The van der Waals surface area contributed by atoms with Crippen molar-refractivity contribution >= 4 is 34.2 Å². The van der Waals surface area contributed by atoms with Crippen LogP contribution in [0.25, 0.3) is 0 Å². The van der Waals surface area contributed by atoms with Crippen LogP contribution in [-0.2, 0) is 11.3 Å². The van der Waals surface area contributed by atoms with Gasteiger partial charge in [0, 0.05) is 9.26 Å². The Kier molecular flexibility index (Phi) is 4.84. The van der Waals surface area contributed by atoms with Gasteiger partial charge in [0.2, 0.25) is 0 Å². The van der Waals surface area contributed by atoms with Crippen molar-refractivity contribution in [1.82, 2.24) is 0 Å². The summed E-state index contributed by atoms with van der Waals surface area (Å²) < 4.78 is 11.3. The first kappa shape index (κ1) is 14.6. The number of nitrogen functional groups attached to an aromatic ring is 1. The van der Waals surface area contributed by atoms with Crippen molar-refractivity contribution in [3.05, 3.63) is 57.2 Å². The molecule has 0 aromatic heterocycles. The third-order valence-corrected chi connectivity index (χ3v) is 3.44. The summed E-state index contributed by atoms with van der Waals surface area (Å²) in [5.41, 5.74) is 7.48. The average molecular weight is 383 g/mol. The number of benzene rings is 2. The zero-order valence-electron chi connectivity index (χ0n) is 10.9. The number of hydrogen-bond donors (Lipinski definition) is 1. The third-order valence-electron chi connectivity index (χ3n) is 2.76. The largest absolute Gasteiger partial charge is 0.497 e. The monoisotopic (exact) mass is 383 g/mol. The number of carbonyl (C=O) groups is 1. The maximum atomic E-state index is 12.0. The molecule has 0 saturated carbocycles. The standard InChI is InChI=1S/C15H14INO3/c1-19-12-5-2-10(3-6-12)9-20-15(18)13-8-11(16)4-7-14(13)17/h2-8H,9,17H2,1H3. The molecule has 0 spiro atoms. The van der Waals surface area contributed by atoms with Crippen molar-refractivity contribution in [2.24, 2.45) is 0 Å². The molecular weight excluding hydrogens is 369 g/mol. The molecule has 4 nitrogen and oxygen atoms in total. The second-order valence-electron chi connectivity index (χ2n) is 4.16. The van der Waals surface area contributed by atoms with Crippen LogP contribution in [0.5, 0.6) is 5.75 Å². The molecule has 0 aliphatic carbocycles. The first-order chi connectivity index (χ1) is 9.60. The van der Waals surface area contributed by atoms with Crippen LogP contribution in [0, 0.1) is 3.57 Å². The molecule has 2 aromatic rings. The van der Waals surface area contributed by atoms with Crippen LogP contribution in [0.2, 0.25) is 0 Å². The first-order valence-electron chi connectivity index (χ1n) is 5.95. The molecule has 0 unspecified atom stereocenters. The summed E-state index contributed by atoms with van der Waals surface area (Å²) >= 11 is 2.13. The fourth-order valence-corrected chi connectivity index (χ4v) is 2.14. The lowest BCUT2D eigenvalue weighted by molar-refractivity contribution is 0.0474. The van der Waals surface area contributed by atoms with Gasteiger partial charge in [-0.25, -0.2) is 4.79 Å². The highest BCUT2D eigenvalue weighted by Crippen LogP contribution is 2.18. The van der Waals surface area contributed by atoms with Crippen molar-refractivity contribution in [2.75, 3.05) is 12.8 Å². The summed E-state index contributed by atoms with van der Waals surface area (Å²) in [5, 5.41) is 0. The molecule has 0 bridgehead atoms. The van der Waals surface area contributed by atoms with Crippen LogP contribution in [0.4, 0.5) is 5.69 Å². The summed E-state index contributed by atoms with van der Waals surface area (Å²) in [6, 6.07) is 12.6. The van der Waals surface area contributed by atoms with Gasteiger partial charge in [-0.3, -0.25) is 0 Å². The fraction of sp³-hybridized carbons (Fsp3) is 0.133. The quantitative estimate of drug-likeness (QED) is 0.500. The van der Waals surface area contributed by atoms with Gasteiger partial charge in [0.15, 0.2) is 0 Å². The van der Waals surface area contributed by atoms with Gasteiger partial charge in [0.25, 0.3) is 0 Å². The number of hydrogen-bond acceptors (Lipinski definition) is 4. The molecule has 0 fully saturated rings. The van der Waals surface area contributed by atoms with Gasteiger partial charge < -0.3 is 15.2 Å². The highest BCUT2D eigenvalue weighted by atomic mass is 127. The van der Waals surface area contributed by atoms with Gasteiger partial charge in [-0.15, -0.1) is 0 Å². The third kappa shape index (κ3) is 3.63. The van der Waals surface area contributed by atoms with Crippen LogP contribution in [0.15, 0.2) is 42.5 Å². The van der Waals surface area contributed by atoms with Gasteiger partial charge >= 0.3 is 5.97 Å². The van der Waals surface area contributed by atoms with Gasteiger partial charge in [-0.1, -0.05) is 12.1 Å². The van der Waals surface area contributed by atoms with Crippen LogP contribution in [-0.4, -0.2) is 13.1 Å². The predicted molar refractivity (Wildman–Crippen MR) is 85.7 cm³/mol. The summed E-state index contributed by atoms with van der Waals surface area (Å²) in [6.45, 7) is 0.202. The average Bonchev–Trinajstić information content (AvgIpc) is 2.47. The zero-order valence-corrected chi connectivity index (χ0v) is 13.1. The number of halogens is 1. The topological polar surface area (TPSA) is 61.5 Å². The maximum absolute atomic E-state index is 12.0. The minimum atomic E-state index is -0.420. The van der Waals surface area contributed by atoms with E-state index in [2.05, 4.69) is 22.6 Å². The normalized spacial score (nSPS) is 10.1. The Morgan fingerprint density at radius 1 is 1.20 bits per heavy atom. The minimum absolute atomic E-state index is 0.202. The molecular formula is C15H14INO3. The number of methoxy groups -OCH3 is 1. The van der Waals surface area contributed by atoms with Gasteiger partial charge in [-0.2, -0.15) is 0 Å². The van der Waals surface area contributed by atoms with E-state index in [1.54, 1.807) is 19.2 Å². The van der Waals surface area contributed by atoms with E-state index in [0.717, 1.165) is 14.9 Å². The highest BCUT2D eigenvalue weighted by Gasteiger charge is 2.11. The second kappa shape index (κ2) is 6.60. The number of carbonyl (C=O) groups excluding carboxylic acids is 1. The molecule has 0 radical (unpaired) electrons. The van der Waals surface area contributed by atoms with Gasteiger partial charge in [-0.05, 0) is 58.5 Å². The maximum Gasteiger partial charge on any atom is 0.340 e. The molecule has 104 valence electrons. The lowest BCUT2D eigenvalue weighted by atomic mass is 10.2. The molecule has 0 amide bonds. The number of anilines is 1. The Balaban J connectivity index is 2.02. The lowest BCUT2D eigenvalue weighted by Gasteiger charge is -2.08. The van der Waals surface area contributed by atoms with Gasteiger partial charge in [0.1, 0.15) is 12.4 Å². The van der Waals surface area contributed by atoms with Crippen molar-refractivity contribution in [1.29, 1.82) is 0 Å². The Labute approximate surface area is 131 Å². The highest BCUT2D eigenvalue weighted by molar-refractivity contribution is 14.1. The molecule has 0 heterocycles. The number of esters is 1. The summed E-state index contributed by atoms with van der Waals surface area (Å²) in [6.07, 6.45) is 0. The van der Waals surface area contributed by atoms with E-state index in [4.69, 9.17) is 15.2 Å². The molecule has 0 aliphatic heterocycles. The molecule has 0 aliphatic rings. The molecule has 2 aromatic carbocycles. The molecule has 5 heteroatoms. The van der Waals surface area contributed by atoms with Crippen molar-refractivity contribution in [3.63, 3.8) is 0 Å². The van der Waals surface area contributed by atoms with Crippen molar-refractivity contribution < 1.29 is 14.3 Å². The van der Waals surface area contributed by atoms with Crippen LogP contribution in [0.3, 0.4) is 0 Å². The minimum Gasteiger partial charge on any atom is -0.497 e. The van der Waals surface area contributed by atoms with Crippen LogP contribution >= 0.6 is 22.6 Å². The smallest absolute Gasteiger partial charge is 0.340 e. The van der Waals surface area contributed by atoms with Crippen LogP contribution in [0.1, 0.15) is 15.9 Å². The molecule has 0 atom stereocenters. The number of nitrogens with two attached hydrogens (primary N) is 1. The Bertz CT molecular complexity index is 611. The summed E-state index contributed by atoms with van der Waals surface area (Å²) in [4.78, 5) is 12.0. The predicted octanol–water partition coefficient (Wildman–Crippen LogP) is 3.24. The Hall–Kier alpha value is -1.76. The molecule has 0 saturated heterocycles. The molecule has 2 N–H and O–H groups in total. The summed E-state index contributed by atoms with van der Waals surface area (Å²) in [5.74, 6) is 0.346. The summed E-state index contributed by atoms with van der Waals surface area (Å²) in [7, 11) is 1.61. The molecule has 2 rings (SSSR count). The van der Waals surface area contributed by atoms with E-state index < -0.39 is 5.97 Å². The zero-order chi connectivity index (χ0) is 14.5. The van der Waals surface area contributed by atoms with E-state index in [1.165, 1.54) is 0 Å². The van der Waals surface area contributed by atoms with E-state index in [9.17, 15) is 4.79 Å². The SMILES string of the molecule is COc1ccc(COC(=O)c2cc(I)ccc2N)cc1. The lowest BCUT2D eigenvalue weighted by Crippen LogP contribution is -2.08. The number of ether oxygens (including phenoxy) is 2. The Morgan fingerprint density at radius 3 is 2.55 bits per heavy atom. The second-order valence-corrected chi connectivity index (χ2v) is 5.40. The fourth-order valence-electron chi connectivity index (χ4n) is 1.65. The van der Waals surface area contributed by atoms with Crippen LogP contribution < -0.4 is 10.5 Å².